The lowest BCUT2D eigenvalue weighted by Gasteiger charge is -2.17. The fourth-order valence-electron chi connectivity index (χ4n) is 2.13. The molecule has 0 radical (unpaired) electrons. The number of hydrogen-bond donors (Lipinski definition) is 0. The highest BCUT2D eigenvalue weighted by Gasteiger charge is 2.30. The van der Waals surface area contributed by atoms with Crippen molar-refractivity contribution < 1.29 is 4.79 Å². The predicted molar refractivity (Wildman–Crippen MR) is 57.6 cm³/mol. The molecule has 0 fully saturated rings. The van der Waals surface area contributed by atoms with Crippen molar-refractivity contribution in [1.29, 1.82) is 0 Å². The first kappa shape index (κ1) is 10.1. The van der Waals surface area contributed by atoms with Crippen LogP contribution in [0.1, 0.15) is 31.9 Å². The van der Waals surface area contributed by atoms with Gasteiger partial charge < -0.3 is 0 Å². The summed E-state index contributed by atoms with van der Waals surface area (Å²) in [4.78, 5) is 22.1. The highest BCUT2D eigenvalue weighted by atomic mass is 16.2. The molecule has 80 valence electrons. The fourth-order valence-corrected chi connectivity index (χ4v) is 2.13. The Hall–Kier alpha value is -1.45. The number of hydrogen-bond acceptors (Lipinski definition) is 3. The van der Waals surface area contributed by atoms with Crippen LogP contribution in [-0.2, 0) is 4.79 Å². The topological polar surface area (TPSA) is 46.1 Å². The van der Waals surface area contributed by atoms with Gasteiger partial charge in [0.15, 0.2) is 5.82 Å². The van der Waals surface area contributed by atoms with E-state index in [0.717, 1.165) is 12.1 Å². The molecule has 1 aliphatic rings. The van der Waals surface area contributed by atoms with Gasteiger partial charge in [-0.2, -0.15) is 0 Å². The van der Waals surface area contributed by atoms with E-state index in [1.807, 2.05) is 6.92 Å². The van der Waals surface area contributed by atoms with Gasteiger partial charge >= 0.3 is 0 Å². The summed E-state index contributed by atoms with van der Waals surface area (Å²) in [6.07, 6.45) is 4.16. The molecular formula is C11H15N3O. The summed E-state index contributed by atoms with van der Waals surface area (Å²) in [5, 5.41) is 0. The Kier molecular flexibility index (Phi) is 2.42. The van der Waals surface area contributed by atoms with Crippen LogP contribution in [0, 0.1) is 5.92 Å². The molecule has 4 nitrogen and oxygen atoms in total. The number of nitrogens with zero attached hydrogens (tertiary/aromatic N) is 3. The van der Waals surface area contributed by atoms with E-state index >= 15 is 0 Å². The van der Waals surface area contributed by atoms with Gasteiger partial charge in [-0.15, -0.1) is 0 Å². The molecule has 1 aromatic heterocycles. The van der Waals surface area contributed by atoms with Crippen LogP contribution in [0.4, 0.5) is 5.82 Å². The maximum atomic E-state index is 11.9. The summed E-state index contributed by atoms with van der Waals surface area (Å²) in [5.74, 6) is 1.17. The van der Waals surface area contributed by atoms with Crippen molar-refractivity contribution in [3.63, 3.8) is 0 Å². The molecule has 0 saturated heterocycles. The Morgan fingerprint density at radius 1 is 1.27 bits per heavy atom. The van der Waals surface area contributed by atoms with Gasteiger partial charge in [-0.3, -0.25) is 14.7 Å². The van der Waals surface area contributed by atoms with Gasteiger partial charge in [0.2, 0.25) is 5.91 Å². The third-order valence-corrected chi connectivity index (χ3v) is 2.95. The molecule has 0 saturated carbocycles. The van der Waals surface area contributed by atoms with Crippen molar-refractivity contribution >= 4 is 11.7 Å². The molecule has 0 aromatic carbocycles. The van der Waals surface area contributed by atoms with Crippen LogP contribution in [0.3, 0.4) is 0 Å². The van der Waals surface area contributed by atoms with Crippen molar-refractivity contribution in [1.82, 2.24) is 9.97 Å². The smallest absolute Gasteiger partial charge is 0.230 e. The van der Waals surface area contributed by atoms with Gasteiger partial charge in [-0.25, -0.2) is 4.98 Å². The van der Waals surface area contributed by atoms with Crippen LogP contribution in [0.2, 0.25) is 0 Å². The fraction of sp³-hybridized carbons (Fsp3) is 0.545. The Morgan fingerprint density at radius 2 is 1.93 bits per heavy atom. The van der Waals surface area contributed by atoms with E-state index in [1.165, 1.54) is 0 Å². The summed E-state index contributed by atoms with van der Waals surface area (Å²) in [6.45, 7) is 4.05. The highest BCUT2D eigenvalue weighted by Crippen LogP contribution is 2.32. The predicted octanol–water partition coefficient (Wildman–Crippen LogP) is 1.58. The van der Waals surface area contributed by atoms with Gasteiger partial charge in [-0.05, 0) is 6.42 Å². The van der Waals surface area contributed by atoms with E-state index in [2.05, 4.69) is 16.9 Å². The summed E-state index contributed by atoms with van der Waals surface area (Å²) in [5.41, 5.74) is 0.928. The van der Waals surface area contributed by atoms with Crippen LogP contribution < -0.4 is 4.90 Å². The zero-order chi connectivity index (χ0) is 11.0. The summed E-state index contributed by atoms with van der Waals surface area (Å²) < 4.78 is 0. The zero-order valence-electron chi connectivity index (χ0n) is 9.27. The van der Waals surface area contributed by atoms with Crippen molar-refractivity contribution in [2.24, 2.45) is 5.92 Å². The molecule has 2 atom stereocenters. The number of carbonyl (C=O) groups is 1. The molecule has 0 N–H and O–H groups in total. The standard InChI is InChI=1S/C11H15N3O/c1-7-6-8(2)11(15)14(3)10-9(7)12-4-5-13-10/h4-5,7-8H,6H2,1-3H3/t7-,8+/m0/s1. The zero-order valence-corrected chi connectivity index (χ0v) is 9.27. The molecule has 2 rings (SSSR count). The van der Waals surface area contributed by atoms with Crippen LogP contribution in [0.15, 0.2) is 12.4 Å². The van der Waals surface area contributed by atoms with Gasteiger partial charge in [0.05, 0.1) is 5.69 Å². The van der Waals surface area contributed by atoms with Crippen LogP contribution in [0.5, 0.6) is 0 Å². The van der Waals surface area contributed by atoms with E-state index in [9.17, 15) is 4.79 Å². The Labute approximate surface area is 89.3 Å². The minimum atomic E-state index is 0.0426. The molecule has 1 aliphatic heterocycles. The largest absolute Gasteiger partial charge is 0.298 e. The SMILES string of the molecule is C[C@@H]1C[C@H](C)c2nccnc2N(C)C1=O. The molecule has 15 heavy (non-hydrogen) atoms. The molecule has 0 aliphatic carbocycles. The van der Waals surface area contributed by atoms with Crippen LogP contribution in [-0.4, -0.2) is 22.9 Å². The van der Waals surface area contributed by atoms with Crippen LogP contribution >= 0.6 is 0 Å². The quantitative estimate of drug-likeness (QED) is 0.646. The first-order chi connectivity index (χ1) is 7.11. The third kappa shape index (κ3) is 1.60. The van der Waals surface area contributed by atoms with E-state index in [4.69, 9.17) is 0 Å². The Bertz CT molecular complexity index is 391. The molecule has 0 spiro atoms. The number of aromatic nitrogens is 2. The first-order valence-corrected chi connectivity index (χ1v) is 5.19. The molecule has 1 amide bonds. The number of anilines is 1. The lowest BCUT2D eigenvalue weighted by Crippen LogP contribution is -2.31. The Morgan fingerprint density at radius 3 is 2.67 bits per heavy atom. The maximum absolute atomic E-state index is 11.9. The molecule has 0 unspecified atom stereocenters. The van der Waals surface area contributed by atoms with Crippen molar-refractivity contribution in [2.75, 3.05) is 11.9 Å². The van der Waals surface area contributed by atoms with Crippen LogP contribution in [0.25, 0.3) is 0 Å². The van der Waals surface area contributed by atoms with E-state index in [-0.39, 0.29) is 17.7 Å². The van der Waals surface area contributed by atoms with E-state index in [0.29, 0.717) is 5.82 Å². The second-order valence-electron chi connectivity index (χ2n) is 4.20. The first-order valence-electron chi connectivity index (χ1n) is 5.19. The summed E-state index contributed by atoms with van der Waals surface area (Å²) in [7, 11) is 1.77. The van der Waals surface area contributed by atoms with Crippen molar-refractivity contribution in [2.45, 2.75) is 26.2 Å². The monoisotopic (exact) mass is 205 g/mol. The molecule has 2 heterocycles. The molecular weight excluding hydrogens is 190 g/mol. The maximum Gasteiger partial charge on any atom is 0.230 e. The highest BCUT2D eigenvalue weighted by molar-refractivity contribution is 5.94. The lowest BCUT2D eigenvalue weighted by atomic mass is 9.96. The molecule has 0 bridgehead atoms. The van der Waals surface area contributed by atoms with Gasteiger partial charge in [0, 0.05) is 31.3 Å². The Balaban J connectivity index is 2.52. The second kappa shape index (κ2) is 3.61. The van der Waals surface area contributed by atoms with E-state index < -0.39 is 0 Å². The van der Waals surface area contributed by atoms with Crippen molar-refractivity contribution in [3.05, 3.63) is 18.1 Å². The van der Waals surface area contributed by atoms with Gasteiger partial charge in [0.1, 0.15) is 0 Å². The van der Waals surface area contributed by atoms with Gasteiger partial charge in [-0.1, -0.05) is 13.8 Å². The summed E-state index contributed by atoms with van der Waals surface area (Å²) in [6, 6.07) is 0. The normalized spacial score (nSPS) is 26.1. The number of rotatable bonds is 0. The van der Waals surface area contributed by atoms with Gasteiger partial charge in [0.25, 0.3) is 0 Å². The average molecular weight is 205 g/mol. The van der Waals surface area contributed by atoms with Crippen molar-refractivity contribution in [3.8, 4) is 0 Å². The minimum Gasteiger partial charge on any atom is -0.298 e. The number of carbonyl (C=O) groups excluding carboxylic acids is 1. The number of amides is 1. The minimum absolute atomic E-state index is 0.0426. The molecule has 4 heteroatoms. The lowest BCUT2D eigenvalue weighted by molar-refractivity contribution is -0.121. The second-order valence-corrected chi connectivity index (χ2v) is 4.20. The average Bonchev–Trinajstić information content (AvgIpc) is 2.33. The summed E-state index contributed by atoms with van der Waals surface area (Å²) >= 11 is 0. The third-order valence-electron chi connectivity index (χ3n) is 2.95. The van der Waals surface area contributed by atoms with E-state index in [1.54, 1.807) is 24.3 Å². The molecule has 1 aromatic rings. The number of fused-ring (bicyclic) bond motifs is 1.